The van der Waals surface area contributed by atoms with Gasteiger partial charge in [-0.15, -0.1) is 9.24 Å². The Hall–Kier alpha value is -1.17. The van der Waals surface area contributed by atoms with E-state index in [0.717, 1.165) is 6.07 Å². The summed E-state index contributed by atoms with van der Waals surface area (Å²) in [7, 11) is -1.72. The van der Waals surface area contributed by atoms with E-state index < -0.39 is 15.9 Å². The quantitative estimate of drug-likeness (QED) is 0.434. The summed E-state index contributed by atoms with van der Waals surface area (Å²) in [5.74, 6) is -0.803. The molecule has 0 radical (unpaired) electrons. The van der Waals surface area contributed by atoms with Gasteiger partial charge in [-0.3, -0.25) is 4.79 Å². The first kappa shape index (κ1) is 11.9. The van der Waals surface area contributed by atoms with Crippen molar-refractivity contribution in [2.45, 2.75) is 4.90 Å². The highest BCUT2D eigenvalue weighted by molar-refractivity contribution is 7.89. The summed E-state index contributed by atoms with van der Waals surface area (Å²) in [5.41, 5.74) is 10.5. The fourth-order valence-electron chi connectivity index (χ4n) is 1.07. The van der Waals surface area contributed by atoms with Gasteiger partial charge in [0.2, 0.25) is 10.0 Å². The molecular weight excluding hydrogens is 237 g/mol. The summed E-state index contributed by atoms with van der Waals surface area (Å²) < 4.78 is 22.2. The van der Waals surface area contributed by atoms with Gasteiger partial charge >= 0.3 is 0 Å². The second-order valence-electron chi connectivity index (χ2n) is 2.89. The van der Waals surface area contributed by atoms with Gasteiger partial charge < -0.3 is 11.5 Å². The van der Waals surface area contributed by atoms with Crippen molar-refractivity contribution >= 4 is 36.2 Å². The molecular formula is C7H10N3O3PS. The van der Waals surface area contributed by atoms with Crippen molar-refractivity contribution in [2.75, 3.05) is 5.73 Å². The Labute approximate surface area is 89.1 Å². The molecule has 82 valence electrons. The van der Waals surface area contributed by atoms with Crippen LogP contribution in [0.5, 0.6) is 0 Å². The monoisotopic (exact) mass is 247 g/mol. The minimum absolute atomic E-state index is 0.0646. The smallest absolute Gasteiger partial charge is 0.250 e. The molecule has 0 saturated carbocycles. The van der Waals surface area contributed by atoms with E-state index in [4.69, 9.17) is 16.6 Å². The van der Waals surface area contributed by atoms with E-state index in [1.54, 1.807) is 0 Å². The van der Waals surface area contributed by atoms with Crippen molar-refractivity contribution in [3.05, 3.63) is 17.7 Å². The van der Waals surface area contributed by atoms with Gasteiger partial charge in [-0.05, 0) is 17.4 Å². The fraction of sp³-hybridized carbons (Fsp3) is 0. The Morgan fingerprint density at radius 1 is 1.33 bits per heavy atom. The second-order valence-corrected chi connectivity index (χ2v) is 5.04. The third kappa shape index (κ3) is 2.44. The number of primary sulfonamides is 1. The molecule has 0 aliphatic rings. The number of primary amides is 1. The van der Waals surface area contributed by atoms with Crippen molar-refractivity contribution in [1.82, 2.24) is 0 Å². The summed E-state index contributed by atoms with van der Waals surface area (Å²) in [6, 6.07) is 2.37. The van der Waals surface area contributed by atoms with Crippen LogP contribution in [0.15, 0.2) is 17.0 Å². The van der Waals surface area contributed by atoms with Gasteiger partial charge in [0, 0.05) is 5.69 Å². The molecule has 8 heteroatoms. The maximum atomic E-state index is 11.1. The Bertz CT molecular complexity index is 527. The molecule has 0 spiro atoms. The predicted octanol–water partition coefficient (Wildman–Crippen LogP) is -1.48. The number of rotatable bonds is 2. The topological polar surface area (TPSA) is 129 Å². The van der Waals surface area contributed by atoms with Gasteiger partial charge in [-0.1, -0.05) is 0 Å². The number of nitrogen functional groups attached to an aromatic ring is 1. The molecule has 0 bridgehead atoms. The largest absolute Gasteiger partial charge is 0.398 e. The van der Waals surface area contributed by atoms with Crippen LogP contribution in [-0.4, -0.2) is 14.3 Å². The minimum atomic E-state index is -3.89. The number of hydrogen-bond donors (Lipinski definition) is 3. The molecule has 0 fully saturated rings. The highest BCUT2D eigenvalue weighted by Crippen LogP contribution is 2.16. The number of anilines is 1. The van der Waals surface area contributed by atoms with E-state index in [1.807, 2.05) is 0 Å². The average molecular weight is 247 g/mol. The van der Waals surface area contributed by atoms with Gasteiger partial charge in [0.25, 0.3) is 5.91 Å². The Balaban J connectivity index is 3.58. The van der Waals surface area contributed by atoms with Crippen LogP contribution in [0.2, 0.25) is 0 Å². The SMILES string of the molecule is NC(=O)c1cc(S(N)(=O)=O)c(P)cc1N. The molecule has 1 unspecified atom stereocenters. The van der Waals surface area contributed by atoms with Gasteiger partial charge in [0.05, 0.1) is 10.5 Å². The van der Waals surface area contributed by atoms with E-state index in [9.17, 15) is 13.2 Å². The molecule has 15 heavy (non-hydrogen) atoms. The lowest BCUT2D eigenvalue weighted by atomic mass is 10.2. The van der Waals surface area contributed by atoms with Gasteiger partial charge in [0.15, 0.2) is 0 Å². The average Bonchev–Trinajstić information content (AvgIpc) is 2.00. The van der Waals surface area contributed by atoms with Crippen LogP contribution in [0.4, 0.5) is 5.69 Å². The molecule has 1 aromatic rings. The van der Waals surface area contributed by atoms with Crippen molar-refractivity contribution in [3.8, 4) is 0 Å². The van der Waals surface area contributed by atoms with Crippen LogP contribution in [0, 0.1) is 0 Å². The molecule has 6 nitrogen and oxygen atoms in total. The zero-order chi connectivity index (χ0) is 11.8. The molecule has 0 saturated heterocycles. The number of nitrogens with two attached hydrogens (primary N) is 3. The summed E-state index contributed by atoms with van der Waals surface area (Å²) in [6.45, 7) is 0. The third-order valence-electron chi connectivity index (χ3n) is 1.75. The van der Waals surface area contributed by atoms with Crippen molar-refractivity contribution in [1.29, 1.82) is 0 Å². The zero-order valence-electron chi connectivity index (χ0n) is 7.60. The Morgan fingerprint density at radius 2 is 1.87 bits per heavy atom. The van der Waals surface area contributed by atoms with E-state index in [1.165, 1.54) is 6.07 Å². The van der Waals surface area contributed by atoms with E-state index in [0.29, 0.717) is 5.30 Å². The number of benzene rings is 1. The molecule has 1 amide bonds. The first-order valence-electron chi connectivity index (χ1n) is 3.75. The summed E-state index contributed by atoms with van der Waals surface area (Å²) in [5, 5.41) is 5.23. The van der Waals surface area contributed by atoms with E-state index in [2.05, 4.69) is 9.24 Å². The number of carbonyl (C=O) groups excluding carboxylic acids is 1. The standard InChI is InChI=1S/C7H10N3O3PS/c8-4-2-5(14)6(15(10,12)13)1-3(4)7(9)11/h1-2H,8,14H2,(H2,9,11)(H2,10,12,13). The molecule has 0 heterocycles. The van der Waals surface area contributed by atoms with Crippen LogP contribution in [-0.2, 0) is 10.0 Å². The van der Waals surface area contributed by atoms with Gasteiger partial charge in [0.1, 0.15) is 0 Å². The fourth-order valence-corrected chi connectivity index (χ4v) is 2.50. The third-order valence-corrected chi connectivity index (χ3v) is 3.41. The first-order chi connectivity index (χ1) is 6.73. The summed E-state index contributed by atoms with van der Waals surface area (Å²) in [6.07, 6.45) is 0. The van der Waals surface area contributed by atoms with Crippen molar-refractivity contribution in [2.24, 2.45) is 10.9 Å². The molecule has 0 aromatic heterocycles. The van der Waals surface area contributed by atoms with Crippen LogP contribution >= 0.6 is 9.24 Å². The number of amides is 1. The zero-order valence-corrected chi connectivity index (χ0v) is 9.57. The lowest BCUT2D eigenvalue weighted by molar-refractivity contribution is 0.100. The molecule has 6 N–H and O–H groups in total. The Kier molecular flexibility index (Phi) is 2.99. The number of carbonyl (C=O) groups is 1. The molecule has 0 aliphatic carbocycles. The highest BCUT2D eigenvalue weighted by Gasteiger charge is 2.16. The van der Waals surface area contributed by atoms with Crippen molar-refractivity contribution < 1.29 is 13.2 Å². The van der Waals surface area contributed by atoms with Crippen LogP contribution < -0.4 is 21.9 Å². The first-order valence-corrected chi connectivity index (χ1v) is 5.87. The summed E-state index contributed by atoms with van der Waals surface area (Å²) in [4.78, 5) is 10.7. The number of hydrogen-bond acceptors (Lipinski definition) is 4. The van der Waals surface area contributed by atoms with Gasteiger partial charge in [-0.2, -0.15) is 0 Å². The predicted molar refractivity (Wildman–Crippen MR) is 60.1 cm³/mol. The van der Waals surface area contributed by atoms with Crippen LogP contribution in [0.1, 0.15) is 10.4 Å². The molecule has 0 aliphatic heterocycles. The lowest BCUT2D eigenvalue weighted by Crippen LogP contribution is -2.22. The maximum Gasteiger partial charge on any atom is 0.250 e. The molecule has 1 rings (SSSR count). The summed E-state index contributed by atoms with van der Waals surface area (Å²) >= 11 is 0. The second kappa shape index (κ2) is 3.77. The van der Waals surface area contributed by atoms with Crippen molar-refractivity contribution in [3.63, 3.8) is 0 Å². The van der Waals surface area contributed by atoms with E-state index >= 15 is 0 Å². The highest BCUT2D eigenvalue weighted by atomic mass is 32.2. The normalized spacial score (nSPS) is 11.3. The van der Waals surface area contributed by atoms with E-state index in [-0.39, 0.29) is 16.1 Å². The minimum Gasteiger partial charge on any atom is -0.398 e. The Morgan fingerprint density at radius 3 is 2.27 bits per heavy atom. The van der Waals surface area contributed by atoms with Crippen LogP contribution in [0.3, 0.4) is 0 Å². The molecule has 1 atom stereocenters. The number of sulfonamides is 1. The maximum absolute atomic E-state index is 11.1. The van der Waals surface area contributed by atoms with Gasteiger partial charge in [-0.25, -0.2) is 13.6 Å². The molecule has 1 aromatic carbocycles. The lowest BCUT2D eigenvalue weighted by Gasteiger charge is -2.07. The van der Waals surface area contributed by atoms with Crippen LogP contribution in [0.25, 0.3) is 0 Å².